The molecule has 1 rings (SSSR count). The van der Waals surface area contributed by atoms with Gasteiger partial charge in [0.2, 0.25) is 0 Å². The fourth-order valence-electron chi connectivity index (χ4n) is 0.684. The third-order valence-corrected chi connectivity index (χ3v) is 2.04. The molecule has 0 unspecified atom stereocenters. The van der Waals surface area contributed by atoms with Gasteiger partial charge in [-0.1, -0.05) is 0 Å². The predicted molar refractivity (Wildman–Crippen MR) is 36.9 cm³/mol. The maximum absolute atomic E-state index is 10.7. The number of carbonyl (C=O) groups is 2. The Bertz CT molecular complexity index is 403. The van der Waals surface area contributed by atoms with Gasteiger partial charge >= 0.3 is 51.4 Å². The average molecular weight is 226 g/mol. The molecule has 5 nitrogen and oxygen atoms in total. The van der Waals surface area contributed by atoms with Crippen LogP contribution in [0, 0.1) is 0 Å². The summed E-state index contributed by atoms with van der Waals surface area (Å²) in [6, 6.07) is 0. The van der Waals surface area contributed by atoms with Crippen LogP contribution in [0.5, 0.6) is 0 Å². The van der Waals surface area contributed by atoms with Gasteiger partial charge in [-0.15, -0.1) is 0 Å². The van der Waals surface area contributed by atoms with Crippen LogP contribution >= 0.6 is 0 Å². The summed E-state index contributed by atoms with van der Waals surface area (Å²) in [6.07, 6.45) is 2.18. The Morgan fingerprint density at radius 1 is 1.15 bits per heavy atom. The normalized spacial score (nSPS) is 16.5. The largest absolute Gasteiger partial charge is 1.00 e. The maximum Gasteiger partial charge on any atom is 1.00 e. The van der Waals surface area contributed by atoms with E-state index in [4.69, 9.17) is 0 Å². The molecule has 0 amide bonds. The van der Waals surface area contributed by atoms with Crippen LogP contribution in [-0.4, -0.2) is 24.5 Å². The van der Waals surface area contributed by atoms with E-state index in [1.807, 2.05) is 0 Å². The van der Waals surface area contributed by atoms with E-state index in [9.17, 15) is 22.6 Å². The summed E-state index contributed by atoms with van der Waals surface area (Å²) in [5, 5.41) is 0. The van der Waals surface area contributed by atoms with Crippen LogP contribution in [0.15, 0.2) is 23.1 Å². The number of hydrogen-bond acceptors (Lipinski definition) is 5. The first kappa shape index (κ1) is 13.4. The summed E-state index contributed by atoms with van der Waals surface area (Å²) in [5.74, 6) is -1.63. The molecule has 0 heterocycles. The SMILES string of the molecule is O=C1C=CC(=O)C(S(=O)(=O)[O-])=C1.[K+]. The molecule has 0 aliphatic heterocycles. The van der Waals surface area contributed by atoms with Crippen molar-refractivity contribution in [2.45, 2.75) is 0 Å². The Hall–Kier alpha value is 0.366. The topological polar surface area (TPSA) is 91.3 Å². The molecule has 0 atom stereocenters. The van der Waals surface area contributed by atoms with E-state index in [0.29, 0.717) is 6.08 Å². The number of rotatable bonds is 1. The van der Waals surface area contributed by atoms with E-state index in [0.717, 1.165) is 12.2 Å². The van der Waals surface area contributed by atoms with Gasteiger partial charge in [0.25, 0.3) is 0 Å². The molecule has 0 spiro atoms. The van der Waals surface area contributed by atoms with E-state index in [1.54, 1.807) is 0 Å². The fourth-order valence-corrected chi connectivity index (χ4v) is 1.26. The minimum absolute atomic E-state index is 0. The van der Waals surface area contributed by atoms with Crippen molar-refractivity contribution in [1.82, 2.24) is 0 Å². The van der Waals surface area contributed by atoms with Gasteiger partial charge in [-0.25, -0.2) is 8.42 Å². The van der Waals surface area contributed by atoms with E-state index < -0.39 is 26.6 Å². The standard InChI is InChI=1S/C6H4O5S.K/c7-4-1-2-5(8)6(3-4)12(9,10)11;/h1-3H,(H,9,10,11);/q;+1/p-1. The average Bonchev–Trinajstić information content (AvgIpc) is 1.92. The van der Waals surface area contributed by atoms with Gasteiger partial charge in [-0.2, -0.15) is 0 Å². The van der Waals surface area contributed by atoms with Crippen molar-refractivity contribution in [3.05, 3.63) is 23.1 Å². The molecule has 0 fully saturated rings. The Morgan fingerprint density at radius 2 is 1.69 bits per heavy atom. The molecule has 0 bridgehead atoms. The molecular weight excluding hydrogens is 223 g/mol. The van der Waals surface area contributed by atoms with Crippen LogP contribution in [0.1, 0.15) is 0 Å². The van der Waals surface area contributed by atoms with Crippen LogP contribution in [0.2, 0.25) is 0 Å². The van der Waals surface area contributed by atoms with Gasteiger partial charge in [0.05, 0.1) is 0 Å². The summed E-state index contributed by atoms with van der Waals surface area (Å²) in [4.78, 5) is 20.3. The summed E-state index contributed by atoms with van der Waals surface area (Å²) in [7, 11) is -4.82. The van der Waals surface area contributed by atoms with Gasteiger partial charge in [0.1, 0.15) is 15.0 Å². The van der Waals surface area contributed by atoms with E-state index in [1.165, 1.54) is 0 Å². The number of carbonyl (C=O) groups excluding carboxylic acids is 2. The molecule has 1 aliphatic rings. The molecule has 1 aliphatic carbocycles. The van der Waals surface area contributed by atoms with Crippen molar-refractivity contribution in [3.63, 3.8) is 0 Å². The molecule has 7 heteroatoms. The van der Waals surface area contributed by atoms with Gasteiger partial charge in [0.15, 0.2) is 11.6 Å². The van der Waals surface area contributed by atoms with Crippen LogP contribution in [0.3, 0.4) is 0 Å². The smallest absolute Gasteiger partial charge is 0.744 e. The van der Waals surface area contributed by atoms with Crippen LogP contribution < -0.4 is 51.4 Å². The molecule has 0 radical (unpaired) electrons. The second kappa shape index (κ2) is 4.74. The zero-order chi connectivity index (χ0) is 9.35. The van der Waals surface area contributed by atoms with Crippen LogP contribution in [0.4, 0.5) is 0 Å². The van der Waals surface area contributed by atoms with Gasteiger partial charge in [0, 0.05) is 6.08 Å². The Kier molecular flexibility index (Phi) is 4.87. The quantitative estimate of drug-likeness (QED) is 0.259. The Balaban J connectivity index is 0.00000144. The molecule has 0 aromatic heterocycles. The monoisotopic (exact) mass is 226 g/mol. The van der Waals surface area contributed by atoms with Crippen molar-refractivity contribution in [1.29, 1.82) is 0 Å². The van der Waals surface area contributed by atoms with E-state index in [2.05, 4.69) is 0 Å². The second-order valence-electron chi connectivity index (χ2n) is 2.06. The first-order chi connectivity index (χ1) is 5.41. The third-order valence-electron chi connectivity index (χ3n) is 1.18. The van der Waals surface area contributed by atoms with Gasteiger partial charge in [-0.3, -0.25) is 9.59 Å². The molecule has 0 N–H and O–H groups in total. The van der Waals surface area contributed by atoms with Gasteiger partial charge < -0.3 is 4.55 Å². The molecule has 13 heavy (non-hydrogen) atoms. The molecular formula is C6H3KO5S. The minimum atomic E-state index is -4.82. The number of ketones is 2. The van der Waals surface area contributed by atoms with Crippen LogP contribution in [0.25, 0.3) is 0 Å². The predicted octanol–water partition coefficient (Wildman–Crippen LogP) is -3.87. The van der Waals surface area contributed by atoms with Crippen molar-refractivity contribution in [2.75, 3.05) is 0 Å². The third kappa shape index (κ3) is 3.54. The minimum Gasteiger partial charge on any atom is -0.744 e. The Labute approximate surface area is 117 Å². The summed E-state index contributed by atoms with van der Waals surface area (Å²) in [5.41, 5.74) is 0. The first-order valence-electron chi connectivity index (χ1n) is 2.85. The molecule has 0 aromatic rings. The zero-order valence-electron chi connectivity index (χ0n) is 6.68. The number of allylic oxidation sites excluding steroid dienone is 4. The summed E-state index contributed by atoms with van der Waals surface area (Å²) in [6.45, 7) is 0. The molecule has 0 saturated heterocycles. The van der Waals surface area contributed by atoms with Crippen molar-refractivity contribution >= 4 is 21.7 Å². The van der Waals surface area contributed by atoms with E-state index >= 15 is 0 Å². The zero-order valence-corrected chi connectivity index (χ0v) is 10.6. The van der Waals surface area contributed by atoms with Crippen molar-refractivity contribution in [2.24, 2.45) is 0 Å². The molecule has 0 aromatic carbocycles. The molecule has 64 valence electrons. The van der Waals surface area contributed by atoms with Crippen molar-refractivity contribution in [3.8, 4) is 0 Å². The number of hydrogen-bond donors (Lipinski definition) is 0. The summed E-state index contributed by atoms with van der Waals surface area (Å²) >= 11 is 0. The van der Waals surface area contributed by atoms with Crippen molar-refractivity contribution < 1.29 is 73.9 Å². The van der Waals surface area contributed by atoms with E-state index in [-0.39, 0.29) is 51.4 Å². The second-order valence-corrected chi connectivity index (χ2v) is 3.41. The Morgan fingerprint density at radius 3 is 2.08 bits per heavy atom. The fraction of sp³-hybridized carbons (Fsp3) is 0. The van der Waals surface area contributed by atoms with Crippen LogP contribution in [-0.2, 0) is 19.7 Å². The maximum atomic E-state index is 10.7. The first-order valence-corrected chi connectivity index (χ1v) is 4.26. The molecule has 0 saturated carbocycles. The summed E-state index contributed by atoms with van der Waals surface area (Å²) < 4.78 is 30.9. The van der Waals surface area contributed by atoms with Gasteiger partial charge in [-0.05, 0) is 12.2 Å².